The molecular formula is C28H41N5O4Si. The lowest BCUT2D eigenvalue weighted by molar-refractivity contribution is 0.0601. The predicted octanol–water partition coefficient (Wildman–Crippen LogP) is 4.64. The van der Waals surface area contributed by atoms with Gasteiger partial charge in [0.25, 0.3) is 0 Å². The van der Waals surface area contributed by atoms with Crippen LogP contribution in [-0.2, 0) is 22.8 Å². The molecule has 0 N–H and O–H groups in total. The number of rotatable bonds is 13. The maximum atomic E-state index is 13.2. The standard InChI is InChI=1S/C28H41N5O4Si/c1-31(15-16-32-13-9-10-14-32)26-23(28(34)35-2)25-24(27(30-26)37-19-22-11-7-6-8-12-22)29-20-33(25)21-36-17-18-38(3,4)5/h6-8,11-12,20H,9-10,13-19,21H2,1-5H3. The lowest BCUT2D eigenvalue weighted by Gasteiger charge is -2.25. The minimum atomic E-state index is -1.23. The van der Waals surface area contributed by atoms with Crippen LogP contribution < -0.4 is 9.64 Å². The Morgan fingerprint density at radius 2 is 1.87 bits per heavy atom. The van der Waals surface area contributed by atoms with Crippen molar-refractivity contribution in [2.24, 2.45) is 0 Å². The van der Waals surface area contributed by atoms with Gasteiger partial charge in [-0.1, -0.05) is 50.0 Å². The van der Waals surface area contributed by atoms with Crippen molar-refractivity contribution in [2.45, 2.75) is 51.9 Å². The zero-order valence-corrected chi connectivity index (χ0v) is 24.4. The summed E-state index contributed by atoms with van der Waals surface area (Å²) >= 11 is 0. The molecule has 1 fully saturated rings. The third-order valence-electron chi connectivity index (χ3n) is 6.85. The average Bonchev–Trinajstić information content (AvgIpc) is 3.58. The summed E-state index contributed by atoms with van der Waals surface area (Å²) in [6.07, 6.45) is 4.15. The summed E-state index contributed by atoms with van der Waals surface area (Å²) in [4.78, 5) is 27.1. The van der Waals surface area contributed by atoms with E-state index in [-0.39, 0.29) is 6.73 Å². The van der Waals surface area contributed by atoms with E-state index in [0.717, 1.165) is 37.8 Å². The predicted molar refractivity (Wildman–Crippen MR) is 153 cm³/mol. The number of pyridine rings is 1. The first-order valence-electron chi connectivity index (χ1n) is 13.4. The number of likely N-dealkylation sites (N-methyl/N-ethyl adjacent to an activating group) is 1. The van der Waals surface area contributed by atoms with E-state index in [4.69, 9.17) is 19.2 Å². The third-order valence-corrected chi connectivity index (χ3v) is 8.56. The van der Waals surface area contributed by atoms with Gasteiger partial charge in [0, 0.05) is 34.8 Å². The number of methoxy groups -OCH3 is 1. The minimum absolute atomic E-state index is 0.282. The van der Waals surface area contributed by atoms with Crippen LogP contribution in [0.4, 0.5) is 5.82 Å². The van der Waals surface area contributed by atoms with E-state index in [1.165, 1.54) is 20.0 Å². The number of esters is 1. The number of ether oxygens (including phenoxy) is 3. The Morgan fingerprint density at radius 3 is 2.55 bits per heavy atom. The smallest absolute Gasteiger partial charge is 0.343 e. The summed E-state index contributed by atoms with van der Waals surface area (Å²) < 4.78 is 19.4. The van der Waals surface area contributed by atoms with E-state index in [1.54, 1.807) is 6.33 Å². The topological polar surface area (TPSA) is 82.0 Å². The Hall–Kier alpha value is -2.95. The van der Waals surface area contributed by atoms with Crippen molar-refractivity contribution in [3.63, 3.8) is 0 Å². The Kier molecular flexibility index (Phi) is 9.40. The summed E-state index contributed by atoms with van der Waals surface area (Å²) in [5.74, 6) is 0.458. The first-order chi connectivity index (χ1) is 18.3. The molecule has 0 atom stereocenters. The Balaban J connectivity index is 1.70. The molecule has 4 rings (SSSR count). The van der Waals surface area contributed by atoms with Crippen LogP contribution in [0.25, 0.3) is 11.0 Å². The molecule has 0 saturated carbocycles. The maximum Gasteiger partial charge on any atom is 0.343 e. The highest BCUT2D eigenvalue weighted by Crippen LogP contribution is 2.33. The number of likely N-dealkylation sites (tertiary alicyclic amines) is 1. The minimum Gasteiger partial charge on any atom is -0.471 e. The lowest BCUT2D eigenvalue weighted by Crippen LogP contribution is -2.33. The third kappa shape index (κ3) is 7.12. The molecule has 3 heterocycles. The largest absolute Gasteiger partial charge is 0.471 e. The van der Waals surface area contributed by atoms with Gasteiger partial charge in [-0.15, -0.1) is 0 Å². The van der Waals surface area contributed by atoms with E-state index in [0.29, 0.717) is 41.5 Å². The Morgan fingerprint density at radius 1 is 1.13 bits per heavy atom. The summed E-state index contributed by atoms with van der Waals surface area (Å²) in [5.41, 5.74) is 2.54. The quantitative estimate of drug-likeness (QED) is 0.177. The summed E-state index contributed by atoms with van der Waals surface area (Å²) in [6, 6.07) is 11.0. The zero-order chi connectivity index (χ0) is 27.1. The van der Waals surface area contributed by atoms with Crippen molar-refractivity contribution in [2.75, 3.05) is 51.8 Å². The van der Waals surface area contributed by atoms with Crippen molar-refractivity contribution in [1.82, 2.24) is 19.4 Å². The molecule has 2 aromatic heterocycles. The number of fused-ring (bicyclic) bond motifs is 1. The normalized spacial score (nSPS) is 14.2. The molecule has 1 aromatic carbocycles. The first-order valence-corrected chi connectivity index (χ1v) is 17.1. The van der Waals surface area contributed by atoms with Crippen LogP contribution in [-0.4, -0.2) is 80.4 Å². The van der Waals surface area contributed by atoms with E-state index >= 15 is 0 Å². The lowest BCUT2D eigenvalue weighted by atomic mass is 10.2. The molecular weight excluding hydrogens is 498 g/mol. The average molecular weight is 540 g/mol. The van der Waals surface area contributed by atoms with Gasteiger partial charge in [0.1, 0.15) is 24.7 Å². The van der Waals surface area contributed by atoms with Gasteiger partial charge in [-0.25, -0.2) is 9.78 Å². The molecule has 38 heavy (non-hydrogen) atoms. The van der Waals surface area contributed by atoms with Crippen LogP contribution in [0.1, 0.15) is 28.8 Å². The van der Waals surface area contributed by atoms with Crippen LogP contribution in [0.3, 0.4) is 0 Å². The molecule has 0 radical (unpaired) electrons. The number of hydrogen-bond acceptors (Lipinski definition) is 8. The second kappa shape index (κ2) is 12.7. The number of carbonyl (C=O) groups is 1. The van der Waals surface area contributed by atoms with Gasteiger partial charge in [-0.3, -0.25) is 0 Å². The molecule has 1 aliphatic rings. The Bertz CT molecular complexity index is 1210. The molecule has 1 aliphatic heterocycles. The van der Waals surface area contributed by atoms with Gasteiger partial charge in [-0.05, 0) is 37.5 Å². The molecule has 0 bridgehead atoms. The maximum absolute atomic E-state index is 13.2. The van der Waals surface area contributed by atoms with E-state index in [1.807, 2.05) is 46.8 Å². The van der Waals surface area contributed by atoms with E-state index < -0.39 is 14.0 Å². The molecule has 0 aliphatic carbocycles. The highest BCUT2D eigenvalue weighted by molar-refractivity contribution is 6.76. The number of imidazole rings is 1. The molecule has 10 heteroatoms. The monoisotopic (exact) mass is 539 g/mol. The van der Waals surface area contributed by atoms with Crippen molar-refractivity contribution in [1.29, 1.82) is 0 Å². The number of nitrogens with zero attached hydrogens (tertiary/aromatic N) is 5. The van der Waals surface area contributed by atoms with Crippen LogP contribution in [0.15, 0.2) is 36.7 Å². The molecule has 1 saturated heterocycles. The van der Waals surface area contributed by atoms with Gasteiger partial charge >= 0.3 is 5.97 Å². The molecule has 206 valence electrons. The fourth-order valence-corrected chi connectivity index (χ4v) is 5.30. The number of carbonyl (C=O) groups excluding carboxylic acids is 1. The van der Waals surface area contributed by atoms with Crippen LogP contribution in [0.2, 0.25) is 25.7 Å². The number of hydrogen-bond donors (Lipinski definition) is 0. The highest BCUT2D eigenvalue weighted by atomic mass is 28.3. The van der Waals surface area contributed by atoms with Gasteiger partial charge in [0.15, 0.2) is 5.52 Å². The molecule has 3 aromatic rings. The van der Waals surface area contributed by atoms with E-state index in [9.17, 15) is 4.79 Å². The van der Waals surface area contributed by atoms with Crippen molar-refractivity contribution >= 4 is 30.9 Å². The molecule has 0 amide bonds. The van der Waals surface area contributed by atoms with Crippen molar-refractivity contribution < 1.29 is 19.0 Å². The first kappa shape index (κ1) is 28.1. The van der Waals surface area contributed by atoms with Crippen molar-refractivity contribution in [3.05, 3.63) is 47.8 Å². The summed E-state index contributed by atoms with van der Waals surface area (Å²) in [5, 5.41) is 0. The summed E-state index contributed by atoms with van der Waals surface area (Å²) in [6.45, 7) is 12.1. The van der Waals surface area contributed by atoms with Gasteiger partial charge in [0.05, 0.1) is 19.0 Å². The second-order valence-electron chi connectivity index (χ2n) is 11.1. The van der Waals surface area contributed by atoms with Gasteiger partial charge in [0.2, 0.25) is 5.88 Å². The van der Waals surface area contributed by atoms with Gasteiger partial charge in [-0.2, -0.15) is 4.98 Å². The second-order valence-corrected chi connectivity index (χ2v) is 16.7. The molecule has 0 unspecified atom stereocenters. The number of aromatic nitrogens is 3. The SMILES string of the molecule is COC(=O)c1c(N(C)CCN2CCCC2)nc(OCc2ccccc2)c2ncn(COCC[Si](C)(C)C)c12. The van der Waals surface area contributed by atoms with Crippen LogP contribution in [0.5, 0.6) is 5.88 Å². The number of anilines is 1. The van der Waals surface area contributed by atoms with Gasteiger partial charge < -0.3 is 28.6 Å². The summed E-state index contributed by atoms with van der Waals surface area (Å²) in [7, 11) is 2.13. The fraction of sp³-hybridized carbons (Fsp3) is 0.536. The van der Waals surface area contributed by atoms with E-state index in [2.05, 4.69) is 29.5 Å². The van der Waals surface area contributed by atoms with Crippen molar-refractivity contribution in [3.8, 4) is 5.88 Å². The highest BCUT2D eigenvalue weighted by Gasteiger charge is 2.28. The van der Waals surface area contributed by atoms with Crippen LogP contribution >= 0.6 is 0 Å². The zero-order valence-electron chi connectivity index (χ0n) is 23.4. The molecule has 9 nitrogen and oxygen atoms in total. The van der Waals surface area contributed by atoms with Crippen LogP contribution in [0, 0.1) is 0 Å². The number of benzene rings is 1. The molecule has 0 spiro atoms. The fourth-order valence-electron chi connectivity index (χ4n) is 4.55. The Labute approximate surface area is 226 Å².